The van der Waals surface area contributed by atoms with Crippen molar-refractivity contribution in [1.82, 2.24) is 10.2 Å². The van der Waals surface area contributed by atoms with Crippen molar-refractivity contribution in [3.8, 4) is 11.5 Å². The largest absolute Gasteiger partial charge is 0.493 e. The van der Waals surface area contributed by atoms with Crippen LogP contribution in [0.5, 0.6) is 11.5 Å². The fourth-order valence-corrected chi connectivity index (χ4v) is 5.25. The van der Waals surface area contributed by atoms with Crippen LogP contribution in [0.2, 0.25) is 5.02 Å². The van der Waals surface area contributed by atoms with Gasteiger partial charge in [-0.25, -0.2) is 0 Å². The highest BCUT2D eigenvalue weighted by Crippen LogP contribution is 2.37. The maximum Gasteiger partial charge on any atom is 0.290 e. The Morgan fingerprint density at radius 2 is 1.85 bits per heavy atom. The van der Waals surface area contributed by atoms with Gasteiger partial charge in [-0.15, -0.1) is 0 Å². The monoisotopic (exact) mass is 686 g/mol. The summed E-state index contributed by atoms with van der Waals surface area (Å²) in [4.78, 5) is 40.2. The number of amides is 2. The fourth-order valence-electron chi connectivity index (χ4n) is 4.33. The molecular weight excluding hydrogens is 655 g/mol. The van der Waals surface area contributed by atoms with Gasteiger partial charge in [0.1, 0.15) is 12.2 Å². The van der Waals surface area contributed by atoms with Crippen LogP contribution >= 0.6 is 34.2 Å². The molecule has 0 fully saturated rings. The summed E-state index contributed by atoms with van der Waals surface area (Å²) in [5.74, 6) is -1.36. The lowest BCUT2D eigenvalue weighted by Crippen LogP contribution is -2.56. The molecule has 0 radical (unpaired) electrons. The van der Waals surface area contributed by atoms with Crippen LogP contribution in [0.4, 0.5) is 0 Å². The first kappa shape index (κ1) is 31.8. The molecule has 3 rings (SSSR count). The highest BCUT2D eigenvalue weighted by Gasteiger charge is 2.42. The highest BCUT2D eigenvalue weighted by atomic mass is 127. The Morgan fingerprint density at radius 1 is 1.15 bits per heavy atom. The average Bonchev–Trinajstić information content (AvgIpc) is 2.96. The standard InChI is InChI=1S/C28H32ClIN2O8/c1-3-22(35)28(38)32(14-16-4-6-19(29)7-5-16)21-12-18(27(37)31-8-9-33)13-23(25(21)36)40-26-20(30)10-17(15-34)11-24(26)39-2/h4-7,10-11,13,21,23,25,33-34,36H,3,8-9,12,14-15H2,1-2H3,(H,31,37). The molecule has 12 heteroatoms. The van der Waals surface area contributed by atoms with E-state index in [-0.39, 0.29) is 50.5 Å². The van der Waals surface area contributed by atoms with E-state index in [1.165, 1.54) is 18.1 Å². The molecule has 0 saturated carbocycles. The number of hydrogen-bond donors (Lipinski definition) is 4. The molecule has 0 heterocycles. The van der Waals surface area contributed by atoms with E-state index in [9.17, 15) is 29.7 Å². The molecule has 4 N–H and O–H groups in total. The van der Waals surface area contributed by atoms with Crippen LogP contribution in [-0.4, -0.2) is 76.3 Å². The van der Waals surface area contributed by atoms with Gasteiger partial charge < -0.3 is 35.0 Å². The number of nitrogens with zero attached hydrogens (tertiary/aromatic N) is 1. The van der Waals surface area contributed by atoms with Crippen LogP contribution in [0.15, 0.2) is 48.0 Å². The molecule has 3 atom stereocenters. The number of hydrogen-bond acceptors (Lipinski definition) is 8. The Balaban J connectivity index is 2.06. The Kier molecular flexibility index (Phi) is 11.8. The minimum atomic E-state index is -1.34. The number of carbonyl (C=O) groups is 3. The topological polar surface area (TPSA) is 146 Å². The predicted octanol–water partition coefficient (Wildman–Crippen LogP) is 2.37. The molecule has 2 aromatic carbocycles. The van der Waals surface area contributed by atoms with Crippen molar-refractivity contribution in [2.75, 3.05) is 20.3 Å². The number of aliphatic hydroxyl groups excluding tert-OH is 3. The van der Waals surface area contributed by atoms with Gasteiger partial charge in [0.25, 0.3) is 5.91 Å². The first-order valence-corrected chi connectivity index (χ1v) is 14.1. The summed E-state index contributed by atoms with van der Waals surface area (Å²) in [5.41, 5.74) is 1.48. The molecule has 216 valence electrons. The van der Waals surface area contributed by atoms with Gasteiger partial charge in [0.15, 0.2) is 11.5 Å². The van der Waals surface area contributed by atoms with Gasteiger partial charge in [-0.05, 0) is 64.1 Å². The normalized spacial score (nSPS) is 18.5. The molecule has 0 aliphatic heterocycles. The van der Waals surface area contributed by atoms with E-state index in [2.05, 4.69) is 5.32 Å². The molecular formula is C28H32ClIN2O8. The van der Waals surface area contributed by atoms with Crippen LogP contribution in [-0.2, 0) is 27.5 Å². The Morgan fingerprint density at radius 3 is 2.45 bits per heavy atom. The molecule has 3 unspecified atom stereocenters. The van der Waals surface area contributed by atoms with E-state index in [0.717, 1.165) is 0 Å². The first-order chi connectivity index (χ1) is 19.1. The van der Waals surface area contributed by atoms with E-state index in [1.54, 1.807) is 43.3 Å². The van der Waals surface area contributed by atoms with Gasteiger partial charge in [0.05, 0.1) is 29.9 Å². The SMILES string of the molecule is CCC(=O)C(=O)N(Cc1ccc(Cl)cc1)C1CC(C(=O)NCCO)=CC(Oc2c(I)cc(CO)cc2OC)C1O. The third kappa shape index (κ3) is 7.72. The molecule has 1 aliphatic carbocycles. The van der Waals surface area contributed by atoms with Gasteiger partial charge in [0, 0.05) is 36.5 Å². The van der Waals surface area contributed by atoms with Gasteiger partial charge >= 0.3 is 0 Å². The van der Waals surface area contributed by atoms with E-state index in [4.69, 9.17) is 21.1 Å². The fraction of sp³-hybridized carbons (Fsp3) is 0.393. The third-order valence-corrected chi connectivity index (χ3v) is 7.48. The second kappa shape index (κ2) is 14.8. The number of ketones is 1. The van der Waals surface area contributed by atoms with Crippen molar-refractivity contribution in [1.29, 1.82) is 0 Å². The average molecular weight is 687 g/mol. The van der Waals surface area contributed by atoms with Gasteiger partial charge in [-0.3, -0.25) is 14.4 Å². The zero-order valence-electron chi connectivity index (χ0n) is 22.1. The zero-order chi connectivity index (χ0) is 29.4. The number of methoxy groups -OCH3 is 1. The van der Waals surface area contributed by atoms with E-state index >= 15 is 0 Å². The van der Waals surface area contributed by atoms with Crippen LogP contribution in [0.25, 0.3) is 0 Å². The van der Waals surface area contributed by atoms with Crippen molar-refractivity contribution >= 4 is 51.8 Å². The Bertz CT molecular complexity index is 1250. The lowest BCUT2D eigenvalue weighted by Gasteiger charge is -2.40. The number of rotatable bonds is 12. The molecule has 40 heavy (non-hydrogen) atoms. The second-order valence-electron chi connectivity index (χ2n) is 9.12. The lowest BCUT2D eigenvalue weighted by atomic mass is 9.87. The van der Waals surface area contributed by atoms with E-state index in [1.807, 2.05) is 22.6 Å². The smallest absolute Gasteiger partial charge is 0.290 e. The molecule has 2 aromatic rings. The lowest BCUT2D eigenvalue weighted by molar-refractivity contribution is -0.149. The molecule has 2 amide bonds. The van der Waals surface area contributed by atoms with Gasteiger partial charge in [-0.2, -0.15) is 0 Å². The van der Waals surface area contributed by atoms with E-state index in [0.29, 0.717) is 25.5 Å². The summed E-state index contributed by atoms with van der Waals surface area (Å²) >= 11 is 8.03. The molecule has 0 saturated heterocycles. The summed E-state index contributed by atoms with van der Waals surface area (Å²) in [6.45, 7) is 1.06. The molecule has 1 aliphatic rings. The molecule has 0 bridgehead atoms. The second-order valence-corrected chi connectivity index (χ2v) is 10.7. The van der Waals surface area contributed by atoms with Crippen molar-refractivity contribution in [3.05, 3.63) is 67.8 Å². The highest BCUT2D eigenvalue weighted by molar-refractivity contribution is 14.1. The van der Waals surface area contributed by atoms with Crippen molar-refractivity contribution < 1.29 is 39.2 Å². The Labute approximate surface area is 251 Å². The quantitative estimate of drug-likeness (QED) is 0.197. The molecule has 10 nitrogen and oxygen atoms in total. The maximum absolute atomic E-state index is 13.3. The zero-order valence-corrected chi connectivity index (χ0v) is 25.0. The number of benzene rings is 2. The Hall–Kier alpha value is -2.71. The number of nitrogens with one attached hydrogen (secondary N) is 1. The number of Topliss-reactive ketones (excluding diaryl/α,β-unsaturated/α-hetero) is 1. The minimum Gasteiger partial charge on any atom is -0.493 e. The summed E-state index contributed by atoms with van der Waals surface area (Å²) in [6.07, 6.45) is -1.09. The summed E-state index contributed by atoms with van der Waals surface area (Å²) in [6, 6.07) is 9.01. The van der Waals surface area contributed by atoms with Crippen LogP contribution < -0.4 is 14.8 Å². The number of halogens is 2. The maximum atomic E-state index is 13.3. The van der Waals surface area contributed by atoms with Crippen LogP contribution in [0.1, 0.15) is 30.9 Å². The summed E-state index contributed by atoms with van der Waals surface area (Å²) < 4.78 is 12.2. The predicted molar refractivity (Wildman–Crippen MR) is 156 cm³/mol. The van der Waals surface area contributed by atoms with Crippen LogP contribution in [0.3, 0.4) is 0 Å². The minimum absolute atomic E-state index is 0.00496. The first-order valence-electron chi connectivity index (χ1n) is 12.6. The number of ether oxygens (including phenoxy) is 2. The molecule has 0 spiro atoms. The van der Waals surface area contributed by atoms with Gasteiger partial charge in [-0.1, -0.05) is 30.7 Å². The molecule has 0 aromatic heterocycles. The van der Waals surface area contributed by atoms with E-state index < -0.39 is 35.8 Å². The van der Waals surface area contributed by atoms with Gasteiger partial charge in [0.2, 0.25) is 11.7 Å². The number of carbonyl (C=O) groups excluding carboxylic acids is 3. The summed E-state index contributed by atoms with van der Waals surface area (Å²) in [5, 5.41) is 33.4. The van der Waals surface area contributed by atoms with Crippen molar-refractivity contribution in [2.24, 2.45) is 0 Å². The number of aliphatic hydroxyl groups is 3. The summed E-state index contributed by atoms with van der Waals surface area (Å²) in [7, 11) is 1.44. The van der Waals surface area contributed by atoms with Crippen molar-refractivity contribution in [2.45, 2.75) is 51.2 Å². The van der Waals surface area contributed by atoms with Crippen molar-refractivity contribution in [3.63, 3.8) is 0 Å². The third-order valence-electron chi connectivity index (χ3n) is 6.43. The van der Waals surface area contributed by atoms with Crippen LogP contribution in [0, 0.1) is 3.57 Å².